The van der Waals surface area contributed by atoms with Crippen LogP contribution < -0.4 is 4.74 Å². The van der Waals surface area contributed by atoms with Gasteiger partial charge in [0.25, 0.3) is 5.91 Å². The smallest absolute Gasteiger partial charge is 0.253 e. The van der Waals surface area contributed by atoms with Crippen molar-refractivity contribution in [2.45, 2.75) is 44.3 Å². The Kier molecular flexibility index (Phi) is 7.60. The molecule has 0 radical (unpaired) electrons. The Labute approximate surface area is 185 Å². The summed E-state index contributed by atoms with van der Waals surface area (Å²) in [7, 11) is 1.75. The number of hydrogen-bond donors (Lipinski definition) is 0. The van der Waals surface area contributed by atoms with Gasteiger partial charge in [-0.05, 0) is 55.9 Å². The second-order valence-corrected chi connectivity index (χ2v) is 8.65. The fourth-order valence-electron chi connectivity index (χ4n) is 4.55. The number of hydrogen-bond acceptors (Lipinski definition) is 4. The molecule has 0 unspecified atom stereocenters. The van der Waals surface area contributed by atoms with Gasteiger partial charge in [-0.2, -0.15) is 0 Å². The van der Waals surface area contributed by atoms with E-state index in [-0.39, 0.29) is 18.1 Å². The number of piperidine rings is 2. The predicted molar refractivity (Wildman–Crippen MR) is 123 cm³/mol. The molecule has 2 saturated heterocycles. The molecule has 2 aromatic rings. The zero-order valence-electron chi connectivity index (χ0n) is 18.5. The highest BCUT2D eigenvalue weighted by Gasteiger charge is 2.24. The van der Waals surface area contributed by atoms with Crippen molar-refractivity contribution in [2.75, 3.05) is 39.8 Å². The highest BCUT2D eigenvalue weighted by atomic mass is 16.5. The Bertz CT molecular complexity index is 826. The number of methoxy groups -OCH3 is 1. The number of nitrogens with zero attached hydrogens (tertiary/aromatic N) is 2. The largest absolute Gasteiger partial charge is 0.490 e. The van der Waals surface area contributed by atoms with Crippen LogP contribution in [0.4, 0.5) is 0 Å². The summed E-state index contributed by atoms with van der Waals surface area (Å²) in [5, 5.41) is 0. The SMILES string of the molecule is COC1CCN(C(=O)c2cccc(OC3CCN(CCc4ccccc4)CC3)c2)CC1. The van der Waals surface area contributed by atoms with Gasteiger partial charge >= 0.3 is 0 Å². The Morgan fingerprint density at radius 3 is 2.32 bits per heavy atom. The van der Waals surface area contributed by atoms with Crippen molar-refractivity contribution in [3.63, 3.8) is 0 Å². The van der Waals surface area contributed by atoms with Crippen molar-refractivity contribution in [1.82, 2.24) is 9.80 Å². The zero-order chi connectivity index (χ0) is 21.5. The van der Waals surface area contributed by atoms with E-state index in [1.807, 2.05) is 29.2 Å². The molecule has 2 aliphatic heterocycles. The number of likely N-dealkylation sites (tertiary alicyclic amines) is 2. The molecule has 166 valence electrons. The number of amides is 1. The summed E-state index contributed by atoms with van der Waals surface area (Å²) in [5.74, 6) is 0.899. The van der Waals surface area contributed by atoms with Crippen LogP contribution in [0.2, 0.25) is 0 Å². The van der Waals surface area contributed by atoms with E-state index < -0.39 is 0 Å². The van der Waals surface area contributed by atoms with Crippen molar-refractivity contribution >= 4 is 5.91 Å². The van der Waals surface area contributed by atoms with Gasteiger partial charge < -0.3 is 19.3 Å². The Morgan fingerprint density at radius 2 is 1.61 bits per heavy atom. The molecule has 2 heterocycles. The molecule has 5 heteroatoms. The first-order valence-corrected chi connectivity index (χ1v) is 11.6. The molecule has 5 nitrogen and oxygen atoms in total. The van der Waals surface area contributed by atoms with Gasteiger partial charge in [-0.3, -0.25) is 4.79 Å². The van der Waals surface area contributed by atoms with Gasteiger partial charge in [0.2, 0.25) is 0 Å². The first kappa shape index (κ1) is 21.8. The van der Waals surface area contributed by atoms with E-state index in [1.54, 1.807) is 7.11 Å². The average molecular weight is 423 g/mol. The maximum atomic E-state index is 12.9. The molecule has 1 amide bonds. The lowest BCUT2D eigenvalue weighted by Crippen LogP contribution is -2.40. The second-order valence-electron chi connectivity index (χ2n) is 8.65. The average Bonchev–Trinajstić information content (AvgIpc) is 2.84. The Balaban J connectivity index is 1.24. The van der Waals surface area contributed by atoms with Gasteiger partial charge in [-0.25, -0.2) is 0 Å². The van der Waals surface area contributed by atoms with Crippen molar-refractivity contribution in [3.8, 4) is 5.75 Å². The maximum absolute atomic E-state index is 12.9. The summed E-state index contributed by atoms with van der Waals surface area (Å²) in [6.45, 7) is 4.73. The van der Waals surface area contributed by atoms with Gasteiger partial charge in [0.1, 0.15) is 11.9 Å². The number of carbonyl (C=O) groups excluding carboxylic acids is 1. The lowest BCUT2D eigenvalue weighted by atomic mass is 10.1. The fourth-order valence-corrected chi connectivity index (χ4v) is 4.55. The summed E-state index contributed by atoms with van der Waals surface area (Å²) >= 11 is 0. The molecule has 31 heavy (non-hydrogen) atoms. The van der Waals surface area contributed by atoms with E-state index in [2.05, 4.69) is 35.2 Å². The van der Waals surface area contributed by atoms with Crippen LogP contribution in [0.25, 0.3) is 0 Å². The summed E-state index contributed by atoms with van der Waals surface area (Å²) in [5.41, 5.74) is 2.11. The fraction of sp³-hybridized carbons (Fsp3) is 0.500. The van der Waals surface area contributed by atoms with Crippen LogP contribution in [0.3, 0.4) is 0 Å². The molecule has 0 aromatic heterocycles. The molecule has 0 bridgehead atoms. The molecule has 0 saturated carbocycles. The van der Waals surface area contributed by atoms with Crippen LogP contribution in [-0.4, -0.2) is 67.7 Å². The van der Waals surface area contributed by atoms with Crippen molar-refractivity contribution in [2.24, 2.45) is 0 Å². The van der Waals surface area contributed by atoms with Crippen LogP contribution >= 0.6 is 0 Å². The van der Waals surface area contributed by atoms with E-state index >= 15 is 0 Å². The lowest BCUT2D eigenvalue weighted by Gasteiger charge is -2.32. The van der Waals surface area contributed by atoms with Gasteiger partial charge in [0.15, 0.2) is 0 Å². The molecule has 2 fully saturated rings. The molecule has 0 atom stereocenters. The molecule has 2 aromatic carbocycles. The third-order valence-electron chi connectivity index (χ3n) is 6.54. The number of carbonyl (C=O) groups is 1. The molecular weight excluding hydrogens is 388 g/mol. The zero-order valence-corrected chi connectivity index (χ0v) is 18.5. The lowest BCUT2D eigenvalue weighted by molar-refractivity contribution is 0.0350. The van der Waals surface area contributed by atoms with E-state index in [0.29, 0.717) is 5.56 Å². The standard InChI is InChI=1S/C26H34N2O3/c1-30-23-13-18-28(19-14-23)26(29)22-8-5-9-25(20-22)31-24-11-16-27(17-12-24)15-10-21-6-3-2-4-7-21/h2-9,20,23-24H,10-19H2,1H3. The highest BCUT2D eigenvalue weighted by molar-refractivity contribution is 5.94. The summed E-state index contributed by atoms with van der Waals surface area (Å²) in [6, 6.07) is 18.4. The highest BCUT2D eigenvalue weighted by Crippen LogP contribution is 2.22. The van der Waals surface area contributed by atoms with Gasteiger partial charge in [-0.1, -0.05) is 36.4 Å². The maximum Gasteiger partial charge on any atom is 0.253 e. The van der Waals surface area contributed by atoms with Gasteiger partial charge in [0, 0.05) is 45.4 Å². The number of benzene rings is 2. The predicted octanol–water partition coefficient (Wildman–Crippen LogP) is 4.02. The van der Waals surface area contributed by atoms with Crippen molar-refractivity contribution in [1.29, 1.82) is 0 Å². The van der Waals surface area contributed by atoms with Crippen LogP contribution in [0.5, 0.6) is 5.75 Å². The topological polar surface area (TPSA) is 42.0 Å². The minimum Gasteiger partial charge on any atom is -0.490 e. The normalized spacial score (nSPS) is 18.8. The first-order valence-electron chi connectivity index (χ1n) is 11.6. The minimum atomic E-state index is 0.0933. The van der Waals surface area contributed by atoms with Crippen LogP contribution in [-0.2, 0) is 11.2 Å². The third-order valence-corrected chi connectivity index (χ3v) is 6.54. The number of rotatable bonds is 7. The second kappa shape index (κ2) is 10.8. The van der Waals surface area contributed by atoms with E-state index in [9.17, 15) is 4.79 Å². The molecule has 0 spiro atoms. The minimum absolute atomic E-state index is 0.0933. The molecular formula is C26H34N2O3. The molecule has 2 aliphatic rings. The van der Waals surface area contributed by atoms with Crippen molar-refractivity contribution < 1.29 is 14.3 Å². The molecule has 0 aliphatic carbocycles. The van der Waals surface area contributed by atoms with Gasteiger partial charge in [-0.15, -0.1) is 0 Å². The van der Waals surface area contributed by atoms with E-state index in [1.165, 1.54) is 5.56 Å². The summed E-state index contributed by atoms with van der Waals surface area (Å²) in [6.07, 6.45) is 5.45. The van der Waals surface area contributed by atoms with E-state index in [0.717, 1.165) is 70.6 Å². The number of ether oxygens (including phenoxy) is 2. The first-order chi connectivity index (χ1) is 15.2. The third kappa shape index (κ3) is 6.08. The summed E-state index contributed by atoms with van der Waals surface area (Å²) < 4.78 is 11.7. The van der Waals surface area contributed by atoms with Crippen LogP contribution in [0.15, 0.2) is 54.6 Å². The van der Waals surface area contributed by atoms with Crippen LogP contribution in [0.1, 0.15) is 41.6 Å². The van der Waals surface area contributed by atoms with E-state index in [4.69, 9.17) is 9.47 Å². The Morgan fingerprint density at radius 1 is 0.903 bits per heavy atom. The Hall–Kier alpha value is -2.37. The quantitative estimate of drug-likeness (QED) is 0.676. The van der Waals surface area contributed by atoms with Crippen molar-refractivity contribution in [3.05, 3.63) is 65.7 Å². The summed E-state index contributed by atoms with van der Waals surface area (Å²) in [4.78, 5) is 17.3. The monoisotopic (exact) mass is 422 g/mol. The molecule has 4 rings (SSSR count). The molecule has 0 N–H and O–H groups in total. The van der Waals surface area contributed by atoms with Crippen LogP contribution in [0, 0.1) is 0 Å². The van der Waals surface area contributed by atoms with Gasteiger partial charge in [0.05, 0.1) is 6.10 Å².